The predicted molar refractivity (Wildman–Crippen MR) is 40.3 cm³/mol. The fourth-order valence-corrected chi connectivity index (χ4v) is 1.27. The Kier molecular flexibility index (Phi) is 6.92. The van der Waals surface area contributed by atoms with E-state index in [1.807, 2.05) is 6.92 Å². The van der Waals surface area contributed by atoms with Gasteiger partial charge in [0.1, 0.15) is 0 Å². The number of unbranched alkanes of at least 4 members (excludes halogenated alkanes) is 1. The first kappa shape index (κ1) is 12.8. The summed E-state index contributed by atoms with van der Waals surface area (Å²) in [6.07, 6.45) is 1.32. The van der Waals surface area contributed by atoms with E-state index in [0.717, 1.165) is 6.42 Å². The maximum atomic E-state index is 10.6. The van der Waals surface area contributed by atoms with Crippen molar-refractivity contribution < 1.29 is 13.1 Å². The Bertz CT molecular complexity index is 232. The van der Waals surface area contributed by atoms with Crippen LogP contribution >= 0.6 is 0 Å². The number of hydrogen-bond donors (Lipinski definition) is 0. The summed E-state index contributed by atoms with van der Waals surface area (Å²) in [5.74, 6) is -0.0481. The highest BCUT2D eigenvalue weighted by Gasteiger charge is 2.04. The van der Waals surface area contributed by atoms with Gasteiger partial charge in [0, 0.05) is 9.43 Å². The molecule has 0 aromatic rings. The summed E-state index contributed by atoms with van der Waals surface area (Å²) < 4.78 is 23.8. The highest BCUT2D eigenvalue weighted by molar-refractivity contribution is 7.89. The molecule has 0 amide bonds. The van der Waals surface area contributed by atoms with Crippen molar-refractivity contribution in [3.63, 3.8) is 0 Å². The molecule has 0 heterocycles. The van der Waals surface area contributed by atoms with Crippen LogP contribution in [-0.4, -0.2) is 14.2 Å². The summed E-state index contributed by atoms with van der Waals surface area (Å²) in [6.45, 7) is 1.87. The summed E-state index contributed by atoms with van der Waals surface area (Å²) >= 11 is 0. The molecule has 0 aliphatic carbocycles. The molecule has 0 rings (SSSR count). The van der Waals surface area contributed by atoms with Crippen LogP contribution in [0.4, 0.5) is 4.70 Å². The number of halogens is 1. The van der Waals surface area contributed by atoms with Gasteiger partial charge in [0.25, 0.3) is 0 Å². The molecule has 0 spiro atoms. The van der Waals surface area contributed by atoms with E-state index >= 15 is 0 Å². The van der Waals surface area contributed by atoms with Crippen molar-refractivity contribution in [2.24, 2.45) is 4.52 Å². The van der Waals surface area contributed by atoms with Gasteiger partial charge >= 0.3 is 0 Å². The fraction of sp³-hybridized carbons (Fsp3) is 1.00. The van der Waals surface area contributed by atoms with Crippen molar-refractivity contribution in [2.45, 2.75) is 19.8 Å². The van der Waals surface area contributed by atoms with Gasteiger partial charge in [-0.25, -0.2) is 8.42 Å². The predicted octanol–water partition coefficient (Wildman–Crippen LogP) is 1.58. The SMILES string of the molecule is CCCCS(=O)(=O)N=[N+]=[N-].F. The highest BCUT2D eigenvalue weighted by atomic mass is 32.2. The minimum absolute atomic E-state index is 0. The van der Waals surface area contributed by atoms with Crippen LogP contribution in [0.2, 0.25) is 0 Å². The third-order valence-electron chi connectivity index (χ3n) is 0.917. The third kappa shape index (κ3) is 7.08. The first-order chi connectivity index (χ1) is 4.62. The topological polar surface area (TPSA) is 82.9 Å². The molecule has 0 atom stereocenters. The lowest BCUT2D eigenvalue weighted by atomic mass is 10.4. The van der Waals surface area contributed by atoms with Gasteiger partial charge < -0.3 is 0 Å². The van der Waals surface area contributed by atoms with E-state index in [0.29, 0.717) is 6.42 Å². The van der Waals surface area contributed by atoms with E-state index in [-0.39, 0.29) is 10.5 Å². The molecular weight excluding hydrogens is 173 g/mol. The Morgan fingerprint density at radius 1 is 1.55 bits per heavy atom. The van der Waals surface area contributed by atoms with Crippen LogP contribution in [0.25, 0.3) is 10.4 Å². The quantitative estimate of drug-likeness (QED) is 0.376. The van der Waals surface area contributed by atoms with Gasteiger partial charge in [-0.05, 0) is 12.0 Å². The largest absolute Gasteiger partial charge is 0.269 e. The summed E-state index contributed by atoms with van der Waals surface area (Å²) in [5, 5.41) is 0. The molecule has 0 saturated carbocycles. The lowest BCUT2D eigenvalue weighted by molar-refractivity contribution is 0.594. The van der Waals surface area contributed by atoms with Crippen LogP contribution in [0, 0.1) is 0 Å². The highest BCUT2D eigenvalue weighted by Crippen LogP contribution is 1.97. The molecular formula is C4H10FN3O2S. The van der Waals surface area contributed by atoms with Crippen LogP contribution in [0.5, 0.6) is 0 Å². The molecule has 0 fully saturated rings. The zero-order valence-electron chi connectivity index (χ0n) is 6.10. The fourth-order valence-electron chi connectivity index (χ4n) is 0.423. The summed E-state index contributed by atoms with van der Waals surface area (Å²) in [6, 6.07) is 0. The average molecular weight is 183 g/mol. The van der Waals surface area contributed by atoms with Crippen molar-refractivity contribution >= 4 is 10.0 Å². The molecule has 0 bridgehead atoms. The Morgan fingerprint density at radius 3 is 2.45 bits per heavy atom. The Hall–Kier alpha value is -0.810. The van der Waals surface area contributed by atoms with Gasteiger partial charge in [-0.15, -0.1) is 0 Å². The zero-order valence-corrected chi connectivity index (χ0v) is 6.91. The second-order valence-corrected chi connectivity index (χ2v) is 3.55. The summed E-state index contributed by atoms with van der Waals surface area (Å²) in [4.78, 5) is 2.20. The van der Waals surface area contributed by atoms with Gasteiger partial charge in [0.05, 0.1) is 5.75 Å². The first-order valence-electron chi connectivity index (χ1n) is 2.91. The molecule has 7 heteroatoms. The molecule has 0 saturated heterocycles. The molecule has 0 unspecified atom stereocenters. The molecule has 11 heavy (non-hydrogen) atoms. The minimum Gasteiger partial charge on any atom is -0.269 e. The second kappa shape index (κ2) is 5.94. The van der Waals surface area contributed by atoms with Crippen molar-refractivity contribution in [3.05, 3.63) is 10.4 Å². The molecule has 0 N–H and O–H groups in total. The van der Waals surface area contributed by atoms with Crippen molar-refractivity contribution in [1.29, 1.82) is 0 Å². The Morgan fingerprint density at radius 2 is 2.09 bits per heavy atom. The van der Waals surface area contributed by atoms with Gasteiger partial charge in [-0.1, -0.05) is 13.3 Å². The number of azide groups is 1. The smallest absolute Gasteiger partial charge is 0.235 e. The Labute approximate surface area is 64.5 Å². The van der Waals surface area contributed by atoms with Crippen LogP contribution < -0.4 is 0 Å². The zero-order chi connectivity index (χ0) is 8.04. The molecule has 5 nitrogen and oxygen atoms in total. The minimum atomic E-state index is -3.49. The Balaban J connectivity index is 0. The number of rotatable bonds is 4. The number of hydrogen-bond acceptors (Lipinski definition) is 2. The molecule has 0 radical (unpaired) electrons. The lowest BCUT2D eigenvalue weighted by Crippen LogP contribution is -1.99. The normalized spacial score (nSPS) is 9.55. The van der Waals surface area contributed by atoms with Gasteiger partial charge in [0.15, 0.2) is 0 Å². The van der Waals surface area contributed by atoms with Crippen LogP contribution in [0.1, 0.15) is 19.8 Å². The summed E-state index contributed by atoms with van der Waals surface area (Å²) in [7, 11) is -3.49. The number of sulfonamides is 1. The van der Waals surface area contributed by atoms with Gasteiger partial charge in [-0.3, -0.25) is 4.70 Å². The maximum absolute atomic E-state index is 10.6. The molecule has 0 aliphatic rings. The lowest BCUT2D eigenvalue weighted by Gasteiger charge is -1.91. The van der Waals surface area contributed by atoms with E-state index < -0.39 is 10.0 Å². The third-order valence-corrected chi connectivity index (χ3v) is 2.04. The molecule has 0 aromatic carbocycles. The van der Waals surface area contributed by atoms with Crippen molar-refractivity contribution in [2.75, 3.05) is 5.75 Å². The molecule has 0 aliphatic heterocycles. The van der Waals surface area contributed by atoms with Crippen LogP contribution in [0.3, 0.4) is 0 Å². The summed E-state index contributed by atoms with van der Waals surface area (Å²) in [5.41, 5.74) is 7.78. The van der Waals surface area contributed by atoms with E-state index in [1.165, 1.54) is 0 Å². The van der Waals surface area contributed by atoms with E-state index in [9.17, 15) is 8.42 Å². The van der Waals surface area contributed by atoms with Gasteiger partial charge in [-0.2, -0.15) is 0 Å². The standard InChI is InChI=1S/C4H9N3O2S.FH/c1-2-3-4-10(8,9)7-6-5;/h2-4H2,1H3;1H. The van der Waals surface area contributed by atoms with Gasteiger partial charge in [0.2, 0.25) is 10.0 Å². The average Bonchev–Trinajstić information content (AvgIpc) is 1.84. The number of nitrogens with zero attached hydrogens (tertiary/aromatic N) is 3. The first-order valence-corrected chi connectivity index (χ1v) is 4.52. The van der Waals surface area contributed by atoms with Crippen molar-refractivity contribution in [1.82, 2.24) is 0 Å². The monoisotopic (exact) mass is 183 g/mol. The van der Waals surface area contributed by atoms with E-state index in [4.69, 9.17) is 5.53 Å². The molecule has 0 aromatic heterocycles. The second-order valence-electron chi connectivity index (χ2n) is 1.81. The maximum Gasteiger partial charge on any atom is 0.235 e. The van der Waals surface area contributed by atoms with Crippen LogP contribution in [0.15, 0.2) is 4.52 Å². The van der Waals surface area contributed by atoms with Crippen molar-refractivity contribution in [3.8, 4) is 0 Å². The van der Waals surface area contributed by atoms with Crippen LogP contribution in [-0.2, 0) is 10.0 Å². The van der Waals surface area contributed by atoms with E-state index in [2.05, 4.69) is 9.43 Å². The van der Waals surface area contributed by atoms with E-state index in [1.54, 1.807) is 0 Å². The molecule has 66 valence electrons.